The normalized spacial score (nSPS) is 12.8. The number of thiophene rings is 1. The molecule has 0 N–H and O–H groups in total. The van der Waals surface area contributed by atoms with Gasteiger partial charge in [0.2, 0.25) is 0 Å². The summed E-state index contributed by atoms with van der Waals surface area (Å²) in [4.78, 5) is 53.3. The van der Waals surface area contributed by atoms with Crippen molar-refractivity contribution in [1.29, 1.82) is 0 Å². The van der Waals surface area contributed by atoms with E-state index < -0.39 is 30.0 Å². The quantitative estimate of drug-likeness (QED) is 0.135. The summed E-state index contributed by atoms with van der Waals surface area (Å²) in [5.41, 5.74) is -0.693. The Morgan fingerprint density at radius 3 is 1.91 bits per heavy atom. The fourth-order valence-corrected chi connectivity index (χ4v) is 5.19. The Labute approximate surface area is 226 Å². The molecule has 6 nitrogen and oxygen atoms in total. The fraction of sp³-hybridized carbons (Fsp3) is 0.0476. The van der Waals surface area contributed by atoms with Crippen molar-refractivity contribution >= 4 is 104 Å². The van der Waals surface area contributed by atoms with Gasteiger partial charge < -0.3 is 0 Å². The number of halogens is 6. The van der Waals surface area contributed by atoms with Gasteiger partial charge in [-0.1, -0.05) is 75.7 Å². The molecule has 0 fully saturated rings. The third-order valence-corrected chi connectivity index (χ3v) is 8.26. The lowest BCUT2D eigenvalue weighted by Gasteiger charge is -2.29. The number of Topliss-reactive ketones (excluding diaryl/α,β-unsaturated/α-hetero) is 1. The summed E-state index contributed by atoms with van der Waals surface area (Å²) in [7, 11) is 0. The van der Waals surface area contributed by atoms with Crippen molar-refractivity contribution in [2.45, 2.75) is 0 Å². The van der Waals surface area contributed by atoms with Gasteiger partial charge in [0.1, 0.15) is 6.54 Å². The first-order valence-electron chi connectivity index (χ1n) is 9.12. The molecule has 0 saturated carbocycles. The summed E-state index contributed by atoms with van der Waals surface area (Å²) in [6.07, 6.45) is 0. The Kier molecular flexibility index (Phi) is 7.18. The summed E-state index contributed by atoms with van der Waals surface area (Å²) < 4.78 is 0. The highest BCUT2D eigenvalue weighted by atomic mass is 35.5. The summed E-state index contributed by atoms with van der Waals surface area (Å²) >= 11 is 37.6. The molecule has 0 radical (unpaired) electrons. The van der Waals surface area contributed by atoms with Crippen LogP contribution in [0.1, 0.15) is 40.7 Å². The van der Waals surface area contributed by atoms with Crippen LogP contribution in [-0.4, -0.2) is 40.1 Å². The van der Waals surface area contributed by atoms with Crippen LogP contribution in [0.4, 0.5) is 0 Å². The van der Waals surface area contributed by atoms with E-state index in [0.717, 1.165) is 11.3 Å². The number of imide groups is 1. The Hall–Kier alpha value is -1.84. The Bertz CT molecular complexity index is 1350. The lowest BCUT2D eigenvalue weighted by atomic mass is 10.1. The number of nitrogens with zero attached hydrogens (tertiary/aromatic N) is 2. The van der Waals surface area contributed by atoms with E-state index in [1.165, 1.54) is 18.2 Å². The number of carbonyl (C=O) groups is 4. The molecule has 3 aromatic rings. The molecule has 1 aromatic heterocycles. The zero-order valence-electron chi connectivity index (χ0n) is 16.4. The van der Waals surface area contributed by atoms with Crippen molar-refractivity contribution in [3.63, 3.8) is 0 Å². The van der Waals surface area contributed by atoms with Gasteiger partial charge in [0.15, 0.2) is 5.78 Å². The molecule has 13 heteroatoms. The SMILES string of the molecule is O=C(CN(C(=O)c1ccc(Cl)c(Cl)c1)N1C(=O)c2c(Cl)c(Cl)c(Cl)c(Cl)c2C1=O)c1cccs1. The minimum Gasteiger partial charge on any atom is -0.291 e. The highest BCUT2D eigenvalue weighted by molar-refractivity contribution is 7.12. The predicted molar refractivity (Wildman–Crippen MR) is 133 cm³/mol. The predicted octanol–water partition coefficient (Wildman–Crippen LogP) is 7.20. The number of hydrazine groups is 1. The zero-order chi connectivity index (χ0) is 24.9. The molecule has 0 atom stereocenters. The molecular weight excluding hydrogens is 589 g/mol. The maximum atomic E-state index is 13.5. The van der Waals surface area contributed by atoms with E-state index in [-0.39, 0.29) is 46.8 Å². The molecule has 3 amide bonds. The number of hydrogen-bond acceptors (Lipinski definition) is 5. The Morgan fingerprint density at radius 1 is 0.824 bits per heavy atom. The van der Waals surface area contributed by atoms with Crippen LogP contribution in [0.3, 0.4) is 0 Å². The highest BCUT2D eigenvalue weighted by Crippen LogP contribution is 2.45. The van der Waals surface area contributed by atoms with Crippen molar-refractivity contribution in [3.05, 3.63) is 87.4 Å². The lowest BCUT2D eigenvalue weighted by molar-refractivity contribution is 0.00537. The average molecular weight is 597 g/mol. The molecule has 2 aromatic carbocycles. The van der Waals surface area contributed by atoms with Crippen LogP contribution >= 0.6 is 80.9 Å². The third-order valence-electron chi connectivity index (χ3n) is 4.81. The maximum absolute atomic E-state index is 13.5. The van der Waals surface area contributed by atoms with E-state index in [1.54, 1.807) is 17.5 Å². The maximum Gasteiger partial charge on any atom is 0.282 e. The first kappa shape index (κ1) is 25.3. The zero-order valence-corrected chi connectivity index (χ0v) is 21.7. The van der Waals surface area contributed by atoms with Crippen LogP contribution in [-0.2, 0) is 0 Å². The number of rotatable bonds is 5. The lowest BCUT2D eigenvalue weighted by Crippen LogP contribution is -2.51. The van der Waals surface area contributed by atoms with E-state index in [9.17, 15) is 19.2 Å². The van der Waals surface area contributed by atoms with Gasteiger partial charge in [-0.25, -0.2) is 5.01 Å². The number of hydrogen-bond donors (Lipinski definition) is 0. The Morgan fingerprint density at radius 2 is 1.41 bits per heavy atom. The van der Waals surface area contributed by atoms with E-state index >= 15 is 0 Å². The second-order valence-electron chi connectivity index (χ2n) is 6.82. The van der Waals surface area contributed by atoms with Gasteiger partial charge in [-0.15, -0.1) is 11.3 Å². The molecule has 0 unspecified atom stereocenters. The minimum absolute atomic E-state index is 0.0294. The second-order valence-corrected chi connectivity index (χ2v) is 10.1. The summed E-state index contributed by atoms with van der Waals surface area (Å²) in [5, 5.41) is 2.03. The van der Waals surface area contributed by atoms with Crippen molar-refractivity contribution in [3.8, 4) is 0 Å². The van der Waals surface area contributed by atoms with Crippen LogP contribution in [0.25, 0.3) is 0 Å². The number of ketones is 1. The number of fused-ring (bicyclic) bond motifs is 1. The van der Waals surface area contributed by atoms with E-state index in [0.29, 0.717) is 14.9 Å². The average Bonchev–Trinajstić information content (AvgIpc) is 3.43. The first-order valence-corrected chi connectivity index (χ1v) is 12.3. The van der Waals surface area contributed by atoms with Gasteiger partial charge in [-0.05, 0) is 29.6 Å². The third kappa shape index (κ3) is 4.20. The number of amides is 3. The molecular formula is C21H8Cl6N2O4S. The smallest absolute Gasteiger partial charge is 0.282 e. The molecule has 34 heavy (non-hydrogen) atoms. The van der Waals surface area contributed by atoms with Crippen molar-refractivity contribution in [2.75, 3.05) is 6.54 Å². The van der Waals surface area contributed by atoms with Gasteiger partial charge in [-0.2, -0.15) is 5.01 Å². The highest BCUT2D eigenvalue weighted by Gasteiger charge is 2.46. The molecule has 174 valence electrons. The van der Waals surface area contributed by atoms with E-state index in [1.807, 2.05) is 0 Å². The summed E-state index contributed by atoms with van der Waals surface area (Å²) in [5.74, 6) is -3.40. The van der Waals surface area contributed by atoms with Crippen LogP contribution < -0.4 is 0 Å². The largest absolute Gasteiger partial charge is 0.291 e. The van der Waals surface area contributed by atoms with Gasteiger partial charge in [0, 0.05) is 5.56 Å². The Balaban J connectivity index is 1.83. The molecule has 0 bridgehead atoms. The monoisotopic (exact) mass is 594 g/mol. The van der Waals surface area contributed by atoms with Crippen molar-refractivity contribution in [2.24, 2.45) is 0 Å². The summed E-state index contributed by atoms with van der Waals surface area (Å²) in [6.45, 7) is -0.651. The van der Waals surface area contributed by atoms with Gasteiger partial charge in [0.05, 0.1) is 46.1 Å². The second kappa shape index (κ2) is 9.66. The standard InChI is InChI=1S/C21H8Cl6N2O4S/c22-9-4-3-8(6-10(9)23)19(31)28(7-11(30)12-2-1-5-34-12)29-20(32)13-14(21(29)33)16(25)18(27)17(26)15(13)24/h1-6H,7H2. The summed E-state index contributed by atoms with van der Waals surface area (Å²) in [6, 6.07) is 7.15. The number of benzene rings is 2. The van der Waals surface area contributed by atoms with Crippen LogP contribution in [0.15, 0.2) is 35.7 Å². The molecule has 0 saturated heterocycles. The van der Waals surface area contributed by atoms with Crippen molar-refractivity contribution in [1.82, 2.24) is 10.0 Å². The van der Waals surface area contributed by atoms with Gasteiger partial charge >= 0.3 is 0 Å². The van der Waals surface area contributed by atoms with Gasteiger partial charge in [0.25, 0.3) is 17.7 Å². The van der Waals surface area contributed by atoms with Crippen LogP contribution in [0, 0.1) is 0 Å². The molecule has 1 aliphatic rings. The molecule has 2 heterocycles. The van der Waals surface area contributed by atoms with Crippen LogP contribution in [0.2, 0.25) is 30.1 Å². The first-order chi connectivity index (χ1) is 16.0. The van der Waals surface area contributed by atoms with Crippen molar-refractivity contribution < 1.29 is 19.2 Å². The van der Waals surface area contributed by atoms with Crippen LogP contribution in [0.5, 0.6) is 0 Å². The van der Waals surface area contributed by atoms with E-state index in [4.69, 9.17) is 69.6 Å². The topological polar surface area (TPSA) is 74.8 Å². The molecule has 0 spiro atoms. The number of carbonyl (C=O) groups excluding carboxylic acids is 4. The molecule has 0 aliphatic carbocycles. The molecule has 4 rings (SSSR count). The van der Waals surface area contributed by atoms with E-state index in [2.05, 4.69) is 0 Å². The minimum atomic E-state index is -1.00. The molecule has 1 aliphatic heterocycles. The van der Waals surface area contributed by atoms with Gasteiger partial charge in [-0.3, -0.25) is 19.2 Å². The fourth-order valence-electron chi connectivity index (χ4n) is 3.22.